The van der Waals surface area contributed by atoms with Crippen molar-refractivity contribution >= 4 is 33.2 Å². The fraction of sp³-hybridized carbons (Fsp3) is 0.143. The standard InChI is InChI=1S/C14H13BrClFN2/c15-10-6-5-9(7-11(10)16)14(8-18)19-13-4-2-1-3-12(13)17/h1-7,14,19H,8,18H2. The quantitative estimate of drug-likeness (QED) is 0.866. The Hall–Kier alpha value is -1.10. The highest BCUT2D eigenvalue weighted by molar-refractivity contribution is 9.10. The molecular formula is C14H13BrClFN2. The molecule has 0 amide bonds. The molecule has 0 spiro atoms. The molecule has 5 heteroatoms. The lowest BCUT2D eigenvalue weighted by molar-refractivity contribution is 0.626. The summed E-state index contributed by atoms with van der Waals surface area (Å²) >= 11 is 9.39. The van der Waals surface area contributed by atoms with Gasteiger partial charge in [0.15, 0.2) is 0 Å². The molecule has 2 aromatic carbocycles. The molecule has 0 aromatic heterocycles. The molecule has 2 rings (SSSR count). The molecule has 0 aliphatic rings. The zero-order valence-electron chi connectivity index (χ0n) is 10.0. The Balaban J connectivity index is 2.25. The van der Waals surface area contributed by atoms with E-state index in [0.29, 0.717) is 17.3 Å². The van der Waals surface area contributed by atoms with Crippen molar-refractivity contribution in [3.8, 4) is 0 Å². The van der Waals surface area contributed by atoms with Crippen molar-refractivity contribution in [3.63, 3.8) is 0 Å². The minimum Gasteiger partial charge on any atom is -0.375 e. The average Bonchev–Trinajstić information content (AvgIpc) is 2.41. The van der Waals surface area contributed by atoms with E-state index in [9.17, 15) is 4.39 Å². The first-order chi connectivity index (χ1) is 9.11. The molecule has 0 saturated carbocycles. The fourth-order valence-electron chi connectivity index (χ4n) is 1.77. The summed E-state index contributed by atoms with van der Waals surface area (Å²) in [4.78, 5) is 0. The molecule has 2 aromatic rings. The van der Waals surface area contributed by atoms with Crippen molar-refractivity contribution in [2.45, 2.75) is 6.04 Å². The summed E-state index contributed by atoms with van der Waals surface area (Å²) in [6, 6.07) is 11.9. The summed E-state index contributed by atoms with van der Waals surface area (Å²) in [5.41, 5.74) is 7.09. The highest BCUT2D eigenvalue weighted by atomic mass is 79.9. The molecule has 1 unspecified atom stereocenters. The van der Waals surface area contributed by atoms with E-state index in [0.717, 1.165) is 10.0 Å². The van der Waals surface area contributed by atoms with Gasteiger partial charge in [0.25, 0.3) is 0 Å². The van der Waals surface area contributed by atoms with E-state index in [1.807, 2.05) is 18.2 Å². The van der Waals surface area contributed by atoms with Gasteiger partial charge in [-0.15, -0.1) is 0 Å². The SMILES string of the molecule is NCC(Nc1ccccc1F)c1ccc(Br)c(Cl)c1. The lowest BCUT2D eigenvalue weighted by Crippen LogP contribution is -2.21. The molecule has 19 heavy (non-hydrogen) atoms. The number of rotatable bonds is 4. The van der Waals surface area contributed by atoms with Crippen molar-refractivity contribution in [2.24, 2.45) is 5.73 Å². The molecule has 0 aliphatic heterocycles. The van der Waals surface area contributed by atoms with Crippen LogP contribution in [0.2, 0.25) is 5.02 Å². The first-order valence-corrected chi connectivity index (χ1v) is 6.95. The van der Waals surface area contributed by atoms with Crippen molar-refractivity contribution in [3.05, 3.63) is 63.3 Å². The Labute approximate surface area is 124 Å². The maximum atomic E-state index is 13.6. The molecular weight excluding hydrogens is 331 g/mol. The van der Waals surface area contributed by atoms with Crippen LogP contribution in [0.4, 0.5) is 10.1 Å². The summed E-state index contributed by atoms with van der Waals surface area (Å²) in [5.74, 6) is -0.302. The first-order valence-electron chi connectivity index (χ1n) is 5.78. The smallest absolute Gasteiger partial charge is 0.146 e. The van der Waals surface area contributed by atoms with Gasteiger partial charge in [-0.2, -0.15) is 0 Å². The van der Waals surface area contributed by atoms with Crippen molar-refractivity contribution in [1.29, 1.82) is 0 Å². The fourth-order valence-corrected chi connectivity index (χ4v) is 2.21. The molecule has 100 valence electrons. The largest absolute Gasteiger partial charge is 0.375 e. The highest BCUT2D eigenvalue weighted by Gasteiger charge is 2.12. The van der Waals surface area contributed by atoms with E-state index in [2.05, 4.69) is 21.2 Å². The monoisotopic (exact) mass is 342 g/mol. The van der Waals surface area contributed by atoms with Crippen LogP contribution in [-0.2, 0) is 0 Å². The molecule has 1 atom stereocenters. The third-order valence-electron chi connectivity index (χ3n) is 2.79. The predicted molar refractivity (Wildman–Crippen MR) is 81.0 cm³/mol. The van der Waals surface area contributed by atoms with Crippen LogP contribution in [0.1, 0.15) is 11.6 Å². The van der Waals surface area contributed by atoms with E-state index < -0.39 is 0 Å². The second-order valence-corrected chi connectivity index (χ2v) is 5.35. The summed E-state index contributed by atoms with van der Waals surface area (Å²) in [6.07, 6.45) is 0. The lowest BCUT2D eigenvalue weighted by atomic mass is 10.1. The molecule has 0 fully saturated rings. The number of benzene rings is 2. The molecule has 0 heterocycles. The topological polar surface area (TPSA) is 38.0 Å². The van der Waals surface area contributed by atoms with Gasteiger partial charge in [-0.1, -0.05) is 29.8 Å². The third-order valence-corrected chi connectivity index (χ3v) is 4.02. The van der Waals surface area contributed by atoms with E-state index in [1.54, 1.807) is 18.2 Å². The van der Waals surface area contributed by atoms with Gasteiger partial charge < -0.3 is 11.1 Å². The normalized spacial score (nSPS) is 12.2. The molecule has 0 bridgehead atoms. The number of anilines is 1. The summed E-state index contributed by atoms with van der Waals surface area (Å²) in [5, 5.41) is 3.69. The van der Waals surface area contributed by atoms with Crippen molar-refractivity contribution in [2.75, 3.05) is 11.9 Å². The molecule has 3 N–H and O–H groups in total. The Morgan fingerprint density at radius 2 is 2.00 bits per heavy atom. The van der Waals surface area contributed by atoms with Gasteiger partial charge in [-0.25, -0.2) is 4.39 Å². The lowest BCUT2D eigenvalue weighted by Gasteiger charge is -2.19. The molecule has 0 saturated heterocycles. The van der Waals surface area contributed by atoms with Crippen LogP contribution in [0, 0.1) is 5.82 Å². The maximum absolute atomic E-state index is 13.6. The Bertz CT molecular complexity index is 577. The Kier molecular flexibility index (Phi) is 4.80. The predicted octanol–water partition coefficient (Wildman–Crippen LogP) is 4.35. The zero-order valence-corrected chi connectivity index (χ0v) is 12.4. The molecule has 2 nitrogen and oxygen atoms in total. The van der Waals surface area contributed by atoms with Gasteiger partial charge in [0.05, 0.1) is 16.8 Å². The van der Waals surface area contributed by atoms with E-state index in [-0.39, 0.29) is 11.9 Å². The summed E-state index contributed by atoms with van der Waals surface area (Å²) < 4.78 is 14.4. The average molecular weight is 344 g/mol. The van der Waals surface area contributed by atoms with Crippen LogP contribution < -0.4 is 11.1 Å². The van der Waals surface area contributed by atoms with Crippen LogP contribution in [0.5, 0.6) is 0 Å². The summed E-state index contributed by atoms with van der Waals surface area (Å²) in [7, 11) is 0. The minimum absolute atomic E-state index is 0.192. The van der Waals surface area contributed by atoms with Crippen LogP contribution >= 0.6 is 27.5 Å². The highest BCUT2D eigenvalue weighted by Crippen LogP contribution is 2.28. The first kappa shape index (κ1) is 14.3. The number of hydrogen-bond acceptors (Lipinski definition) is 2. The number of hydrogen-bond donors (Lipinski definition) is 2. The Morgan fingerprint density at radius 3 is 2.63 bits per heavy atom. The van der Waals surface area contributed by atoms with Crippen LogP contribution in [0.25, 0.3) is 0 Å². The van der Waals surface area contributed by atoms with E-state index in [4.69, 9.17) is 17.3 Å². The van der Waals surface area contributed by atoms with Crippen LogP contribution in [0.15, 0.2) is 46.9 Å². The van der Waals surface area contributed by atoms with Gasteiger partial charge in [0.2, 0.25) is 0 Å². The van der Waals surface area contributed by atoms with Gasteiger partial charge >= 0.3 is 0 Å². The van der Waals surface area contributed by atoms with Gasteiger partial charge in [0, 0.05) is 11.0 Å². The maximum Gasteiger partial charge on any atom is 0.146 e. The van der Waals surface area contributed by atoms with Crippen LogP contribution in [0.3, 0.4) is 0 Å². The van der Waals surface area contributed by atoms with E-state index in [1.165, 1.54) is 6.07 Å². The second-order valence-electron chi connectivity index (χ2n) is 4.09. The number of halogens is 3. The van der Waals surface area contributed by atoms with Gasteiger partial charge in [-0.3, -0.25) is 0 Å². The number of nitrogens with one attached hydrogen (secondary N) is 1. The zero-order chi connectivity index (χ0) is 13.8. The van der Waals surface area contributed by atoms with Crippen molar-refractivity contribution < 1.29 is 4.39 Å². The summed E-state index contributed by atoms with van der Waals surface area (Å²) in [6.45, 7) is 0.340. The number of para-hydroxylation sites is 1. The second kappa shape index (κ2) is 6.37. The molecule has 0 radical (unpaired) electrons. The Morgan fingerprint density at radius 1 is 1.26 bits per heavy atom. The van der Waals surface area contributed by atoms with Gasteiger partial charge in [-0.05, 0) is 45.8 Å². The van der Waals surface area contributed by atoms with E-state index >= 15 is 0 Å². The molecule has 0 aliphatic carbocycles. The minimum atomic E-state index is -0.302. The third kappa shape index (κ3) is 3.47. The van der Waals surface area contributed by atoms with Gasteiger partial charge in [0.1, 0.15) is 5.82 Å². The van der Waals surface area contributed by atoms with Crippen molar-refractivity contribution in [1.82, 2.24) is 0 Å². The number of nitrogens with two attached hydrogens (primary N) is 1. The van der Waals surface area contributed by atoms with Crippen LogP contribution in [-0.4, -0.2) is 6.54 Å².